The first-order valence-electron chi connectivity index (χ1n) is 8.18. The monoisotopic (exact) mass is 494 g/mol. The Morgan fingerprint density at radius 1 is 1.10 bits per heavy atom. The molecule has 3 amide bonds. The van der Waals surface area contributed by atoms with Crippen molar-refractivity contribution in [2.75, 3.05) is 19.4 Å². The molecule has 2 aromatic rings. The Morgan fingerprint density at radius 3 is 2.10 bits per heavy atom. The third-order valence-electron chi connectivity index (χ3n) is 4.16. The first-order valence-corrected chi connectivity index (χ1v) is 10.6. The van der Waals surface area contributed by atoms with Crippen molar-refractivity contribution in [3.8, 4) is 0 Å². The molecule has 0 radical (unpaired) electrons. The van der Waals surface area contributed by atoms with Crippen LogP contribution in [0.25, 0.3) is 0 Å². The van der Waals surface area contributed by atoms with Crippen LogP contribution in [0.15, 0.2) is 5.38 Å². The number of nitrogens with zero attached hydrogens (tertiary/aromatic N) is 3. The van der Waals surface area contributed by atoms with E-state index >= 15 is 0 Å². The van der Waals surface area contributed by atoms with Crippen molar-refractivity contribution in [3.63, 3.8) is 0 Å². The number of carbonyl (C=O) groups excluding carboxylic acids is 3. The lowest BCUT2D eigenvalue weighted by molar-refractivity contribution is -0.119. The number of hydrogen-bond donors (Lipinski definition) is 1. The Hall–Kier alpha value is -1.42. The summed E-state index contributed by atoms with van der Waals surface area (Å²) in [4.78, 5) is 45.3. The minimum Gasteiger partial charge on any atom is -0.304 e. The van der Waals surface area contributed by atoms with Gasteiger partial charge in [0.15, 0.2) is 5.13 Å². The maximum atomic E-state index is 12.8. The highest BCUT2D eigenvalue weighted by Gasteiger charge is 2.45. The molecule has 1 atom stereocenters. The molecular weight excluding hydrogens is 482 g/mol. The van der Waals surface area contributed by atoms with Crippen LogP contribution in [0.3, 0.4) is 0 Å². The number of thiazole rings is 1. The largest absolute Gasteiger partial charge is 0.304 e. The molecule has 7 nitrogen and oxygen atoms in total. The number of nitrogens with one attached hydrogen (secondary N) is 1. The van der Waals surface area contributed by atoms with Crippen molar-refractivity contribution in [2.45, 2.75) is 19.5 Å². The molecule has 1 N–H and O–H groups in total. The lowest BCUT2D eigenvalue weighted by Gasteiger charge is -2.21. The van der Waals surface area contributed by atoms with Crippen LogP contribution in [0.5, 0.6) is 0 Å². The minimum absolute atomic E-state index is 0.131. The molecule has 0 spiro atoms. The summed E-state index contributed by atoms with van der Waals surface area (Å²) in [5.41, 5.74) is 0.447. The number of anilines is 1. The molecule has 0 aliphatic carbocycles. The van der Waals surface area contributed by atoms with Crippen molar-refractivity contribution in [1.29, 1.82) is 0 Å². The summed E-state index contributed by atoms with van der Waals surface area (Å²) in [6, 6.07) is -1.15. The summed E-state index contributed by atoms with van der Waals surface area (Å²) in [5.74, 6) is -2.13. The molecule has 0 saturated carbocycles. The lowest BCUT2D eigenvalue weighted by atomic mass is 10.1. The van der Waals surface area contributed by atoms with Gasteiger partial charge in [-0.25, -0.2) is 4.98 Å². The van der Waals surface area contributed by atoms with Crippen LogP contribution in [0, 0.1) is 0 Å². The number of halogens is 4. The molecule has 1 aliphatic heterocycles. The van der Waals surface area contributed by atoms with Crippen LogP contribution in [-0.2, 0) is 11.3 Å². The van der Waals surface area contributed by atoms with Crippen molar-refractivity contribution in [2.24, 2.45) is 0 Å². The molecule has 1 aromatic carbocycles. The highest BCUT2D eigenvalue weighted by molar-refractivity contribution is 7.13. The molecule has 0 bridgehead atoms. The fraction of sp³-hybridized carbons (Fsp3) is 0.294. The van der Waals surface area contributed by atoms with E-state index in [0.717, 1.165) is 10.6 Å². The highest BCUT2D eigenvalue weighted by Crippen LogP contribution is 2.45. The van der Waals surface area contributed by atoms with E-state index in [-0.39, 0.29) is 31.2 Å². The van der Waals surface area contributed by atoms with Gasteiger partial charge < -0.3 is 10.2 Å². The van der Waals surface area contributed by atoms with Gasteiger partial charge >= 0.3 is 0 Å². The number of fused-ring (bicyclic) bond motifs is 1. The molecule has 1 aliphatic rings. The molecule has 2 heterocycles. The Kier molecular flexibility index (Phi) is 6.43. The van der Waals surface area contributed by atoms with Crippen molar-refractivity contribution < 1.29 is 14.4 Å². The highest BCUT2D eigenvalue weighted by atomic mass is 35.5. The van der Waals surface area contributed by atoms with E-state index in [4.69, 9.17) is 46.4 Å². The number of amides is 3. The molecule has 1 aromatic heterocycles. The third kappa shape index (κ3) is 3.97. The average Bonchev–Trinajstić information content (AvgIpc) is 3.18. The predicted octanol–water partition coefficient (Wildman–Crippen LogP) is 4.44. The second-order valence-corrected chi connectivity index (χ2v) is 8.90. The normalized spacial score (nSPS) is 14.6. The molecule has 12 heteroatoms. The maximum Gasteiger partial charge on any atom is 0.263 e. The van der Waals surface area contributed by atoms with Gasteiger partial charge in [0.2, 0.25) is 5.91 Å². The van der Waals surface area contributed by atoms with Crippen LogP contribution < -0.4 is 5.32 Å². The first-order chi connectivity index (χ1) is 13.5. The Labute approximate surface area is 190 Å². The molecule has 0 saturated heterocycles. The van der Waals surface area contributed by atoms with Gasteiger partial charge in [-0.1, -0.05) is 46.4 Å². The number of carbonyl (C=O) groups is 3. The topological polar surface area (TPSA) is 82.6 Å². The van der Waals surface area contributed by atoms with Crippen molar-refractivity contribution in [3.05, 3.63) is 42.3 Å². The second kappa shape index (κ2) is 8.37. The Morgan fingerprint density at radius 2 is 1.62 bits per heavy atom. The zero-order valence-electron chi connectivity index (χ0n) is 15.3. The van der Waals surface area contributed by atoms with E-state index in [1.54, 1.807) is 0 Å². The quantitative estimate of drug-likeness (QED) is 0.376. The van der Waals surface area contributed by atoms with Crippen LogP contribution in [0.2, 0.25) is 20.1 Å². The van der Waals surface area contributed by atoms with E-state index in [0.29, 0.717) is 11.7 Å². The van der Waals surface area contributed by atoms with Gasteiger partial charge in [-0.15, -0.1) is 11.3 Å². The van der Waals surface area contributed by atoms with Crippen molar-refractivity contribution >= 4 is 80.6 Å². The summed E-state index contributed by atoms with van der Waals surface area (Å²) in [5, 5.41) is 4.16. The van der Waals surface area contributed by atoms with E-state index in [1.165, 1.54) is 18.3 Å². The van der Waals surface area contributed by atoms with Gasteiger partial charge in [0.25, 0.3) is 11.8 Å². The van der Waals surface area contributed by atoms with Gasteiger partial charge in [0, 0.05) is 11.9 Å². The summed E-state index contributed by atoms with van der Waals surface area (Å²) < 4.78 is 0. The summed E-state index contributed by atoms with van der Waals surface area (Å²) >= 11 is 25.5. The van der Waals surface area contributed by atoms with E-state index in [2.05, 4.69) is 10.3 Å². The van der Waals surface area contributed by atoms with Crippen LogP contribution in [-0.4, -0.2) is 52.6 Å². The summed E-state index contributed by atoms with van der Waals surface area (Å²) in [7, 11) is 3.80. The van der Waals surface area contributed by atoms with Gasteiger partial charge in [-0.2, -0.15) is 0 Å². The molecule has 3 rings (SSSR count). The Balaban J connectivity index is 1.85. The standard InChI is InChI=1S/C17H14Cl4N4O3S/c1-6(14(26)23-17-22-7(5-29-17)4-24(2)3)25-15(27)8-9(16(25)28)11(19)13(21)12(20)10(8)18/h5-6H,4H2,1-3H3,(H,22,23,26). The van der Waals surface area contributed by atoms with Crippen LogP contribution >= 0.6 is 57.7 Å². The smallest absolute Gasteiger partial charge is 0.263 e. The van der Waals surface area contributed by atoms with Crippen molar-refractivity contribution in [1.82, 2.24) is 14.8 Å². The molecule has 1 unspecified atom stereocenters. The fourth-order valence-electron chi connectivity index (χ4n) is 2.81. The fourth-order valence-corrected chi connectivity index (χ4v) is 4.53. The van der Waals surface area contributed by atoms with Gasteiger partial charge in [-0.05, 0) is 21.0 Å². The maximum absolute atomic E-state index is 12.8. The molecule has 0 fully saturated rings. The summed E-state index contributed by atoms with van der Waals surface area (Å²) in [6.07, 6.45) is 0. The number of benzene rings is 1. The number of aromatic nitrogens is 1. The third-order valence-corrected chi connectivity index (χ3v) is 6.77. The molecule has 29 heavy (non-hydrogen) atoms. The number of rotatable bonds is 5. The number of hydrogen-bond acceptors (Lipinski definition) is 6. The van der Waals surface area contributed by atoms with Gasteiger partial charge in [0.1, 0.15) is 6.04 Å². The molecule has 154 valence electrons. The number of imide groups is 1. The summed E-state index contributed by atoms with van der Waals surface area (Å²) in [6.45, 7) is 2.02. The SMILES string of the molecule is CC(C(=O)Nc1nc(CN(C)C)cs1)N1C(=O)c2c(Cl)c(Cl)c(Cl)c(Cl)c2C1=O. The van der Waals surface area contributed by atoms with Gasteiger partial charge in [-0.3, -0.25) is 19.3 Å². The predicted molar refractivity (Wildman–Crippen MR) is 115 cm³/mol. The lowest BCUT2D eigenvalue weighted by Crippen LogP contribution is -2.45. The average molecular weight is 496 g/mol. The van der Waals surface area contributed by atoms with Gasteiger partial charge in [0.05, 0.1) is 36.9 Å². The second-order valence-electron chi connectivity index (χ2n) is 6.53. The molecular formula is C17H14Cl4N4O3S. The zero-order chi connectivity index (χ0) is 21.6. The zero-order valence-corrected chi connectivity index (χ0v) is 19.2. The first kappa shape index (κ1) is 22.3. The van der Waals surface area contributed by atoms with Crippen LogP contribution in [0.4, 0.5) is 5.13 Å². The minimum atomic E-state index is -1.15. The Bertz CT molecular complexity index is 993. The van der Waals surface area contributed by atoms with E-state index in [1.807, 2.05) is 24.4 Å². The van der Waals surface area contributed by atoms with E-state index < -0.39 is 23.8 Å². The van der Waals surface area contributed by atoms with Crippen LogP contribution in [0.1, 0.15) is 33.3 Å². The van der Waals surface area contributed by atoms with E-state index in [9.17, 15) is 14.4 Å².